The Morgan fingerprint density at radius 1 is 1.58 bits per heavy atom. The van der Waals surface area contributed by atoms with E-state index in [9.17, 15) is 8.42 Å². The van der Waals surface area contributed by atoms with Gasteiger partial charge in [-0.25, -0.2) is 8.42 Å². The number of nitrogens with two attached hydrogens (primary N) is 1. The second kappa shape index (κ2) is 5.78. The van der Waals surface area contributed by atoms with Gasteiger partial charge < -0.3 is 5.73 Å². The normalized spacial score (nSPS) is 21.3. The largest absolute Gasteiger partial charge is 0.398 e. The van der Waals surface area contributed by atoms with Crippen LogP contribution in [-0.2, 0) is 10.0 Å². The highest BCUT2D eigenvalue weighted by molar-refractivity contribution is 7.91. The number of anilines is 1. The van der Waals surface area contributed by atoms with Gasteiger partial charge in [-0.3, -0.25) is 4.90 Å². The molecule has 19 heavy (non-hydrogen) atoms. The molecular weight excluding hydrogens is 282 g/mol. The highest BCUT2D eigenvalue weighted by Gasteiger charge is 2.29. The molecule has 2 heterocycles. The fourth-order valence-electron chi connectivity index (χ4n) is 2.53. The minimum atomic E-state index is -3.39. The first kappa shape index (κ1) is 14.8. The maximum atomic E-state index is 12.4. The van der Waals surface area contributed by atoms with Gasteiger partial charge in [0.1, 0.15) is 4.21 Å². The van der Waals surface area contributed by atoms with Crippen LogP contribution in [0.4, 0.5) is 5.69 Å². The van der Waals surface area contributed by atoms with Crippen LogP contribution < -0.4 is 5.73 Å². The Bertz CT molecular complexity index is 527. The first-order valence-corrected chi connectivity index (χ1v) is 8.81. The number of thiophene rings is 1. The molecular formula is C12H21N3O2S2. The van der Waals surface area contributed by atoms with E-state index < -0.39 is 10.0 Å². The van der Waals surface area contributed by atoms with Gasteiger partial charge in [0.05, 0.1) is 0 Å². The first-order valence-electron chi connectivity index (χ1n) is 6.49. The Labute approximate surface area is 119 Å². The Balaban J connectivity index is 2.09. The van der Waals surface area contributed by atoms with Gasteiger partial charge in [-0.2, -0.15) is 4.31 Å². The smallest absolute Gasteiger partial charge is 0.252 e. The Hall–Kier alpha value is -0.630. The molecule has 0 aliphatic carbocycles. The van der Waals surface area contributed by atoms with Gasteiger partial charge in [0, 0.05) is 30.7 Å². The summed E-state index contributed by atoms with van der Waals surface area (Å²) in [7, 11) is -1.74. The maximum absolute atomic E-state index is 12.4. The molecule has 0 radical (unpaired) electrons. The summed E-state index contributed by atoms with van der Waals surface area (Å²) in [6.07, 6.45) is 2.22. The molecule has 108 valence electrons. The molecule has 1 aromatic heterocycles. The Kier molecular flexibility index (Phi) is 4.50. The van der Waals surface area contributed by atoms with Gasteiger partial charge in [-0.05, 0) is 32.0 Å². The van der Waals surface area contributed by atoms with Crippen molar-refractivity contribution in [1.29, 1.82) is 0 Å². The van der Waals surface area contributed by atoms with Crippen LogP contribution >= 0.6 is 11.3 Å². The lowest BCUT2D eigenvalue weighted by atomic mass is 10.2. The summed E-state index contributed by atoms with van der Waals surface area (Å²) in [6.45, 7) is 4.71. The van der Waals surface area contributed by atoms with Crippen LogP contribution in [0.2, 0.25) is 0 Å². The molecule has 1 aliphatic rings. The lowest BCUT2D eigenvalue weighted by molar-refractivity contribution is 0.238. The van der Waals surface area contributed by atoms with E-state index in [1.54, 1.807) is 12.4 Å². The van der Waals surface area contributed by atoms with Gasteiger partial charge in [0.15, 0.2) is 0 Å². The van der Waals surface area contributed by atoms with Gasteiger partial charge in [-0.1, -0.05) is 6.92 Å². The van der Waals surface area contributed by atoms with Crippen molar-refractivity contribution in [3.63, 3.8) is 0 Å². The minimum absolute atomic E-state index is 0.327. The second-order valence-corrected chi connectivity index (χ2v) is 8.09. The Morgan fingerprint density at radius 2 is 2.32 bits per heavy atom. The van der Waals surface area contributed by atoms with Crippen molar-refractivity contribution in [1.82, 2.24) is 9.21 Å². The molecule has 0 amide bonds. The van der Waals surface area contributed by atoms with Gasteiger partial charge in [-0.15, -0.1) is 11.3 Å². The van der Waals surface area contributed by atoms with Crippen LogP contribution in [0.15, 0.2) is 15.7 Å². The predicted octanol–water partition coefficient (Wildman–Crippen LogP) is 1.44. The van der Waals surface area contributed by atoms with Crippen molar-refractivity contribution in [2.45, 2.75) is 30.0 Å². The zero-order valence-corrected chi connectivity index (χ0v) is 13.0. The quantitative estimate of drug-likeness (QED) is 0.894. The van der Waals surface area contributed by atoms with Crippen LogP contribution in [0.3, 0.4) is 0 Å². The van der Waals surface area contributed by atoms with E-state index >= 15 is 0 Å². The topological polar surface area (TPSA) is 66.6 Å². The third-order valence-corrected chi connectivity index (χ3v) is 6.89. The number of nitrogen functional groups attached to an aromatic ring is 1. The average molecular weight is 303 g/mol. The summed E-state index contributed by atoms with van der Waals surface area (Å²) < 4.78 is 26.6. The molecule has 7 heteroatoms. The van der Waals surface area contributed by atoms with Crippen LogP contribution in [0, 0.1) is 0 Å². The van der Waals surface area contributed by atoms with E-state index in [-0.39, 0.29) is 0 Å². The predicted molar refractivity (Wildman–Crippen MR) is 78.8 cm³/mol. The number of sulfonamides is 1. The minimum Gasteiger partial charge on any atom is -0.398 e. The van der Waals surface area contributed by atoms with Crippen molar-refractivity contribution in [2.24, 2.45) is 0 Å². The molecule has 1 unspecified atom stereocenters. The zero-order chi connectivity index (χ0) is 14.0. The summed E-state index contributed by atoms with van der Waals surface area (Å²) >= 11 is 1.18. The lowest BCUT2D eigenvalue weighted by Crippen LogP contribution is -2.40. The van der Waals surface area contributed by atoms with Crippen molar-refractivity contribution < 1.29 is 8.42 Å². The maximum Gasteiger partial charge on any atom is 0.252 e. The highest BCUT2D eigenvalue weighted by Crippen LogP contribution is 2.26. The second-order valence-electron chi connectivity index (χ2n) is 4.91. The molecule has 5 nitrogen and oxygen atoms in total. The molecule has 0 bridgehead atoms. The number of nitrogens with zero attached hydrogens (tertiary/aromatic N) is 2. The van der Waals surface area contributed by atoms with Crippen LogP contribution in [0.5, 0.6) is 0 Å². The first-order chi connectivity index (χ1) is 8.95. The molecule has 0 aromatic carbocycles. The molecule has 2 rings (SSSR count). The van der Waals surface area contributed by atoms with Crippen molar-refractivity contribution in [2.75, 3.05) is 32.4 Å². The molecule has 0 spiro atoms. The molecule has 0 saturated carbocycles. The van der Waals surface area contributed by atoms with Gasteiger partial charge in [0.2, 0.25) is 0 Å². The summed E-state index contributed by atoms with van der Waals surface area (Å²) in [5.41, 5.74) is 6.11. The highest BCUT2D eigenvalue weighted by atomic mass is 32.2. The molecule has 2 N–H and O–H groups in total. The van der Waals surface area contributed by atoms with E-state index in [4.69, 9.17) is 5.73 Å². The number of likely N-dealkylation sites (N-methyl/N-ethyl adjacent to an activating group) is 2. The van der Waals surface area contributed by atoms with Crippen LogP contribution in [0.25, 0.3) is 0 Å². The number of rotatable bonds is 5. The van der Waals surface area contributed by atoms with Gasteiger partial charge in [0.25, 0.3) is 10.0 Å². The summed E-state index contributed by atoms with van der Waals surface area (Å²) in [5.74, 6) is 0. The molecule has 1 aliphatic heterocycles. The fourth-order valence-corrected chi connectivity index (χ4v) is 5.03. The molecule has 1 aromatic rings. The van der Waals surface area contributed by atoms with Crippen molar-refractivity contribution in [3.05, 3.63) is 11.4 Å². The number of hydrogen-bond acceptors (Lipinski definition) is 5. The fraction of sp³-hybridized carbons (Fsp3) is 0.667. The van der Waals surface area contributed by atoms with Crippen LogP contribution in [-0.4, -0.2) is 50.3 Å². The summed E-state index contributed by atoms with van der Waals surface area (Å²) in [5, 5.41) is 1.66. The van der Waals surface area contributed by atoms with E-state index in [1.165, 1.54) is 21.7 Å². The average Bonchev–Trinajstić information content (AvgIpc) is 2.97. The van der Waals surface area contributed by atoms with E-state index in [0.717, 1.165) is 25.9 Å². The van der Waals surface area contributed by atoms with Crippen molar-refractivity contribution >= 4 is 27.0 Å². The Morgan fingerprint density at radius 3 is 2.89 bits per heavy atom. The van der Waals surface area contributed by atoms with Crippen molar-refractivity contribution in [3.8, 4) is 0 Å². The molecule has 1 atom stereocenters. The SMILES string of the molecule is CCN1CCCC1CN(C)S(=O)(=O)c1cc(N)cs1. The number of likely N-dealkylation sites (tertiary alicyclic amines) is 1. The summed E-state index contributed by atoms with van der Waals surface area (Å²) in [4.78, 5) is 2.34. The molecule has 1 fully saturated rings. The van der Waals surface area contributed by atoms with E-state index in [2.05, 4.69) is 11.8 Å². The zero-order valence-electron chi connectivity index (χ0n) is 11.4. The van der Waals surface area contributed by atoms with Crippen LogP contribution in [0.1, 0.15) is 19.8 Å². The standard InChI is InChI=1S/C12H21N3O2S2/c1-3-15-6-4-5-11(15)8-14(2)19(16,17)12-7-10(13)9-18-12/h7,9,11H,3-6,8,13H2,1-2H3. The lowest BCUT2D eigenvalue weighted by Gasteiger charge is -2.26. The van der Waals surface area contributed by atoms with Gasteiger partial charge >= 0.3 is 0 Å². The third kappa shape index (κ3) is 3.10. The van der Waals surface area contributed by atoms with E-state index in [0.29, 0.717) is 22.5 Å². The molecule has 1 saturated heterocycles. The number of hydrogen-bond donors (Lipinski definition) is 1. The summed E-state index contributed by atoms with van der Waals surface area (Å²) in [6, 6.07) is 1.87. The third-order valence-electron chi connectivity index (χ3n) is 3.63. The monoisotopic (exact) mass is 303 g/mol. The van der Waals surface area contributed by atoms with E-state index in [1.807, 2.05) is 0 Å².